The van der Waals surface area contributed by atoms with Crippen molar-refractivity contribution >= 4 is 12.1 Å². The quantitative estimate of drug-likeness (QED) is 0.756. The summed E-state index contributed by atoms with van der Waals surface area (Å²) in [6, 6.07) is 14.1. The number of ether oxygens (including phenoxy) is 2. The highest BCUT2D eigenvalue weighted by Gasteiger charge is 2.07. The lowest BCUT2D eigenvalue weighted by atomic mass is 10.2. The van der Waals surface area contributed by atoms with Crippen LogP contribution in [0, 0.1) is 0 Å². The predicted molar refractivity (Wildman–Crippen MR) is 74.5 cm³/mol. The fourth-order valence-electron chi connectivity index (χ4n) is 1.62. The molecule has 0 aromatic heterocycles. The average molecular weight is 270 g/mol. The minimum Gasteiger partial charge on any atom is -0.485 e. The molecule has 0 spiro atoms. The van der Waals surface area contributed by atoms with Gasteiger partial charge in [-0.15, -0.1) is 0 Å². The Balaban J connectivity index is 2.16. The van der Waals surface area contributed by atoms with E-state index in [0.29, 0.717) is 29.1 Å². The van der Waals surface area contributed by atoms with Crippen LogP contribution >= 0.6 is 0 Å². The van der Waals surface area contributed by atoms with Crippen molar-refractivity contribution < 1.29 is 19.1 Å². The summed E-state index contributed by atoms with van der Waals surface area (Å²) in [6.07, 6.45) is 0.674. The van der Waals surface area contributed by atoms with Crippen LogP contribution in [0.15, 0.2) is 48.5 Å². The fraction of sp³-hybridized carbons (Fsp3) is 0.125. The van der Waals surface area contributed by atoms with Crippen LogP contribution in [0.4, 0.5) is 0 Å². The molecule has 2 rings (SSSR count). The number of Topliss-reactive ketones (excluding diaryl/α,β-unsaturated/α-hetero) is 1. The van der Waals surface area contributed by atoms with Crippen LogP contribution in [0.25, 0.3) is 0 Å². The maximum absolute atomic E-state index is 11.1. The number of hydrogen-bond acceptors (Lipinski definition) is 4. The summed E-state index contributed by atoms with van der Waals surface area (Å²) in [5.74, 6) is 1.48. The minimum absolute atomic E-state index is 0.0558. The fourth-order valence-corrected chi connectivity index (χ4v) is 1.62. The minimum atomic E-state index is -0.105. The highest BCUT2D eigenvalue weighted by atomic mass is 16.5. The Bertz CT molecular complexity index is 605. The molecule has 0 fully saturated rings. The lowest BCUT2D eigenvalue weighted by Gasteiger charge is -2.10. The monoisotopic (exact) mass is 270 g/mol. The van der Waals surface area contributed by atoms with Crippen molar-refractivity contribution in [1.29, 1.82) is 0 Å². The molecule has 0 radical (unpaired) electrons. The Morgan fingerprint density at radius 1 is 1.10 bits per heavy atom. The third-order valence-corrected chi connectivity index (χ3v) is 2.52. The third kappa shape index (κ3) is 3.68. The first-order valence-corrected chi connectivity index (χ1v) is 6.13. The number of hydrogen-bond donors (Lipinski definition) is 0. The molecule has 0 saturated carbocycles. The van der Waals surface area contributed by atoms with Crippen molar-refractivity contribution in [3.8, 4) is 17.2 Å². The van der Waals surface area contributed by atoms with Crippen molar-refractivity contribution in [2.45, 2.75) is 6.92 Å². The first-order valence-electron chi connectivity index (χ1n) is 6.13. The zero-order chi connectivity index (χ0) is 14.4. The van der Waals surface area contributed by atoms with Crippen LogP contribution in [-0.4, -0.2) is 18.7 Å². The lowest BCUT2D eigenvalue weighted by Crippen LogP contribution is -2.07. The molecule has 2 aromatic rings. The summed E-state index contributed by atoms with van der Waals surface area (Å²) < 4.78 is 10.9. The van der Waals surface area contributed by atoms with E-state index in [-0.39, 0.29) is 12.4 Å². The SMILES string of the molecule is CC(=O)COc1ccc(Oc2ccccc2)cc1C=O. The summed E-state index contributed by atoms with van der Waals surface area (Å²) >= 11 is 0. The van der Waals surface area contributed by atoms with Gasteiger partial charge in [0.25, 0.3) is 0 Å². The van der Waals surface area contributed by atoms with Gasteiger partial charge in [-0.3, -0.25) is 9.59 Å². The van der Waals surface area contributed by atoms with E-state index < -0.39 is 0 Å². The number of carbonyl (C=O) groups excluding carboxylic acids is 2. The van der Waals surface area contributed by atoms with Gasteiger partial charge in [-0.05, 0) is 37.3 Å². The molecule has 0 aliphatic carbocycles. The van der Waals surface area contributed by atoms with E-state index in [9.17, 15) is 9.59 Å². The van der Waals surface area contributed by atoms with Crippen LogP contribution in [0.5, 0.6) is 17.2 Å². The second-order valence-electron chi connectivity index (χ2n) is 4.22. The zero-order valence-electron chi connectivity index (χ0n) is 11.0. The Morgan fingerprint density at radius 2 is 1.85 bits per heavy atom. The molecule has 0 unspecified atom stereocenters. The summed E-state index contributed by atoms with van der Waals surface area (Å²) in [6.45, 7) is 1.37. The molecule has 4 heteroatoms. The van der Waals surface area contributed by atoms with E-state index in [1.807, 2.05) is 30.3 Å². The Hall–Kier alpha value is -2.62. The number of para-hydroxylation sites is 1. The summed E-state index contributed by atoms with van der Waals surface area (Å²) in [5, 5.41) is 0. The normalized spacial score (nSPS) is 9.85. The van der Waals surface area contributed by atoms with Crippen LogP contribution in [0.1, 0.15) is 17.3 Å². The standard InChI is InChI=1S/C16H14O4/c1-12(18)11-19-16-8-7-15(9-13(16)10-17)20-14-5-3-2-4-6-14/h2-10H,11H2,1H3. The highest BCUT2D eigenvalue weighted by molar-refractivity contribution is 5.81. The second-order valence-corrected chi connectivity index (χ2v) is 4.22. The first kappa shape index (κ1) is 13.8. The van der Waals surface area contributed by atoms with E-state index >= 15 is 0 Å². The largest absolute Gasteiger partial charge is 0.485 e. The molecule has 0 aliphatic rings. The van der Waals surface area contributed by atoms with Gasteiger partial charge in [-0.25, -0.2) is 0 Å². The zero-order valence-corrected chi connectivity index (χ0v) is 11.0. The number of benzene rings is 2. The van der Waals surface area contributed by atoms with E-state index in [2.05, 4.69) is 0 Å². The smallest absolute Gasteiger partial charge is 0.167 e. The van der Waals surface area contributed by atoms with Crippen molar-refractivity contribution in [3.63, 3.8) is 0 Å². The molecule has 0 N–H and O–H groups in total. The Morgan fingerprint density at radius 3 is 2.50 bits per heavy atom. The van der Waals surface area contributed by atoms with Crippen LogP contribution in [-0.2, 0) is 4.79 Å². The molecule has 0 bridgehead atoms. The molecule has 20 heavy (non-hydrogen) atoms. The Kier molecular flexibility index (Phi) is 4.50. The predicted octanol–water partition coefficient (Wildman–Crippen LogP) is 3.26. The maximum atomic E-state index is 11.1. The second kappa shape index (κ2) is 6.52. The van der Waals surface area contributed by atoms with Gasteiger partial charge in [0.2, 0.25) is 0 Å². The van der Waals surface area contributed by atoms with Gasteiger partial charge in [0.15, 0.2) is 12.1 Å². The van der Waals surface area contributed by atoms with Gasteiger partial charge in [0, 0.05) is 0 Å². The number of rotatable bonds is 6. The van der Waals surface area contributed by atoms with E-state index in [1.54, 1.807) is 18.2 Å². The molecule has 0 aliphatic heterocycles. The topological polar surface area (TPSA) is 52.6 Å². The number of ketones is 1. The summed E-state index contributed by atoms with van der Waals surface area (Å²) in [7, 11) is 0. The third-order valence-electron chi connectivity index (χ3n) is 2.52. The van der Waals surface area contributed by atoms with Crippen molar-refractivity contribution in [3.05, 3.63) is 54.1 Å². The van der Waals surface area contributed by atoms with Gasteiger partial charge < -0.3 is 9.47 Å². The first-order chi connectivity index (χ1) is 9.69. The van der Waals surface area contributed by atoms with Gasteiger partial charge in [-0.1, -0.05) is 18.2 Å². The summed E-state index contributed by atoms with van der Waals surface area (Å²) in [5.41, 5.74) is 0.347. The molecule has 4 nitrogen and oxygen atoms in total. The maximum Gasteiger partial charge on any atom is 0.167 e. The van der Waals surface area contributed by atoms with Crippen LogP contribution in [0.2, 0.25) is 0 Å². The van der Waals surface area contributed by atoms with Gasteiger partial charge in [-0.2, -0.15) is 0 Å². The number of carbonyl (C=O) groups is 2. The molecule has 0 heterocycles. The van der Waals surface area contributed by atoms with Crippen LogP contribution < -0.4 is 9.47 Å². The van der Waals surface area contributed by atoms with Gasteiger partial charge >= 0.3 is 0 Å². The summed E-state index contributed by atoms with van der Waals surface area (Å²) in [4.78, 5) is 21.9. The number of aldehydes is 1. The molecular weight excluding hydrogens is 256 g/mol. The molecule has 0 amide bonds. The van der Waals surface area contributed by atoms with E-state index in [0.717, 1.165) is 0 Å². The van der Waals surface area contributed by atoms with Crippen molar-refractivity contribution in [1.82, 2.24) is 0 Å². The molecule has 102 valence electrons. The lowest BCUT2D eigenvalue weighted by molar-refractivity contribution is -0.118. The molecule has 0 atom stereocenters. The average Bonchev–Trinajstić information content (AvgIpc) is 2.46. The molecule has 0 saturated heterocycles. The van der Waals surface area contributed by atoms with Crippen LogP contribution in [0.3, 0.4) is 0 Å². The van der Waals surface area contributed by atoms with Gasteiger partial charge in [0.05, 0.1) is 5.56 Å². The van der Waals surface area contributed by atoms with Gasteiger partial charge in [0.1, 0.15) is 23.9 Å². The molecule has 2 aromatic carbocycles. The van der Waals surface area contributed by atoms with E-state index in [1.165, 1.54) is 6.92 Å². The highest BCUT2D eigenvalue weighted by Crippen LogP contribution is 2.26. The Labute approximate surface area is 116 Å². The molecular formula is C16H14O4. The van der Waals surface area contributed by atoms with E-state index in [4.69, 9.17) is 9.47 Å². The van der Waals surface area contributed by atoms with Crippen molar-refractivity contribution in [2.75, 3.05) is 6.61 Å². The van der Waals surface area contributed by atoms with Crippen molar-refractivity contribution in [2.24, 2.45) is 0 Å².